The van der Waals surface area contributed by atoms with Crippen molar-refractivity contribution in [3.8, 4) is 5.75 Å². The highest BCUT2D eigenvalue weighted by molar-refractivity contribution is 6.15. The fraction of sp³-hybridized carbons (Fsp3) is 0.250. The number of piperidine rings is 1. The summed E-state index contributed by atoms with van der Waals surface area (Å²) >= 11 is 0. The molecule has 0 saturated carbocycles. The largest absolute Gasteiger partial charge is 0.492 e. The van der Waals surface area contributed by atoms with Crippen molar-refractivity contribution < 1.29 is 24.2 Å². The molecule has 43 heavy (non-hydrogen) atoms. The highest BCUT2D eigenvalue weighted by Crippen LogP contribution is 2.25. The van der Waals surface area contributed by atoms with Gasteiger partial charge >= 0.3 is 0 Å². The van der Waals surface area contributed by atoms with Gasteiger partial charge in [-0.05, 0) is 84.9 Å². The van der Waals surface area contributed by atoms with Gasteiger partial charge in [-0.1, -0.05) is 13.8 Å². The van der Waals surface area contributed by atoms with Gasteiger partial charge in [0, 0.05) is 47.5 Å². The molecule has 1 heterocycles. The number of carbonyl (C=O) groups excluding carboxylic acids is 2. The number of ketones is 1. The molecule has 0 aromatic heterocycles. The van der Waals surface area contributed by atoms with Gasteiger partial charge in [0.05, 0.1) is 22.9 Å². The van der Waals surface area contributed by atoms with Crippen LogP contribution in [0.2, 0.25) is 0 Å². The van der Waals surface area contributed by atoms with Crippen LogP contribution in [0.4, 0.5) is 11.4 Å². The second-order valence-electron chi connectivity index (χ2n) is 9.93. The van der Waals surface area contributed by atoms with Gasteiger partial charge < -0.3 is 14.5 Å². The standard InChI is InChI=1S/C32H32N4O7/c1-3-33(4-2)17-18-43-30-15-9-25(10-16-30)32(38)34-21-26(19-23-5-11-28(12-6-23)35(39)40)31(37)27(22-34)20-24-7-13-29(14-8-24)36(41)42/h5-16,19-20H,3-4,17-18,21-22H2,1-2H3. The molecule has 4 rings (SSSR count). The molecule has 1 aliphatic heterocycles. The number of ether oxygens (including phenoxy) is 1. The number of nitrogens with zero attached hydrogens (tertiary/aromatic N) is 4. The smallest absolute Gasteiger partial charge is 0.269 e. The Labute approximate surface area is 249 Å². The second-order valence-corrected chi connectivity index (χ2v) is 9.93. The van der Waals surface area contributed by atoms with Crippen LogP contribution < -0.4 is 4.74 Å². The van der Waals surface area contributed by atoms with Gasteiger partial charge in [-0.2, -0.15) is 0 Å². The summed E-state index contributed by atoms with van der Waals surface area (Å²) < 4.78 is 5.83. The maximum absolute atomic E-state index is 13.6. The van der Waals surface area contributed by atoms with Gasteiger partial charge in [-0.3, -0.25) is 29.8 Å². The first-order valence-corrected chi connectivity index (χ1v) is 13.9. The number of amides is 1. The molecule has 11 nitrogen and oxygen atoms in total. The Morgan fingerprint density at radius 1 is 0.814 bits per heavy atom. The predicted octanol–water partition coefficient (Wildman–Crippen LogP) is 5.42. The molecule has 0 aliphatic carbocycles. The molecule has 0 spiro atoms. The topological polar surface area (TPSA) is 136 Å². The summed E-state index contributed by atoms with van der Waals surface area (Å²) in [5.41, 5.74) is 2.08. The van der Waals surface area contributed by atoms with Crippen LogP contribution in [0, 0.1) is 20.2 Å². The van der Waals surface area contributed by atoms with Crippen LogP contribution in [0.3, 0.4) is 0 Å². The van der Waals surface area contributed by atoms with E-state index in [4.69, 9.17) is 4.74 Å². The number of nitro benzene ring substituents is 2. The lowest BCUT2D eigenvalue weighted by Gasteiger charge is -2.30. The number of hydrogen-bond donors (Lipinski definition) is 0. The van der Waals surface area contributed by atoms with Crippen molar-refractivity contribution in [1.29, 1.82) is 0 Å². The minimum absolute atomic E-state index is 0.0361. The lowest BCUT2D eigenvalue weighted by molar-refractivity contribution is -0.385. The molecule has 1 amide bonds. The zero-order chi connectivity index (χ0) is 30.9. The number of non-ortho nitro benzene ring substituents is 2. The Balaban J connectivity index is 1.59. The number of carbonyl (C=O) groups is 2. The SMILES string of the molecule is CCN(CC)CCOc1ccc(C(=O)N2CC(=Cc3ccc([N+](=O)[O-])cc3)C(=O)C(=Cc3ccc([N+](=O)[O-])cc3)C2)cc1. The van der Waals surface area contributed by atoms with E-state index in [2.05, 4.69) is 18.7 Å². The van der Waals surface area contributed by atoms with E-state index in [0.29, 0.717) is 40.2 Å². The number of nitro groups is 2. The molecule has 1 fully saturated rings. The zero-order valence-corrected chi connectivity index (χ0v) is 24.0. The van der Waals surface area contributed by atoms with Crippen molar-refractivity contribution >= 4 is 35.2 Å². The van der Waals surface area contributed by atoms with Crippen LogP contribution in [0.25, 0.3) is 12.2 Å². The maximum Gasteiger partial charge on any atom is 0.269 e. The van der Waals surface area contributed by atoms with Gasteiger partial charge in [-0.15, -0.1) is 0 Å². The first-order chi connectivity index (χ1) is 20.7. The summed E-state index contributed by atoms with van der Waals surface area (Å²) in [4.78, 5) is 52.0. The van der Waals surface area contributed by atoms with Gasteiger partial charge in [0.25, 0.3) is 17.3 Å². The summed E-state index contributed by atoms with van der Waals surface area (Å²) in [6.45, 7) is 7.46. The number of hydrogen-bond acceptors (Lipinski definition) is 8. The third-order valence-electron chi connectivity index (χ3n) is 7.15. The van der Waals surface area contributed by atoms with E-state index in [1.807, 2.05) is 0 Å². The number of Topliss-reactive ketones (excluding diaryl/α,β-unsaturated/α-hetero) is 1. The molecule has 222 valence electrons. The number of likely N-dealkylation sites (tertiary alicyclic amines) is 1. The molecule has 11 heteroatoms. The highest BCUT2D eigenvalue weighted by atomic mass is 16.6. The monoisotopic (exact) mass is 584 g/mol. The third-order valence-corrected chi connectivity index (χ3v) is 7.15. The van der Waals surface area contributed by atoms with Gasteiger partial charge in [0.15, 0.2) is 5.78 Å². The Morgan fingerprint density at radius 3 is 1.70 bits per heavy atom. The summed E-state index contributed by atoms with van der Waals surface area (Å²) in [6, 6.07) is 18.4. The minimum Gasteiger partial charge on any atom is -0.492 e. The molecule has 0 N–H and O–H groups in total. The lowest BCUT2D eigenvalue weighted by atomic mass is 9.93. The second kappa shape index (κ2) is 14.1. The van der Waals surface area contributed by atoms with E-state index in [-0.39, 0.29) is 36.2 Å². The van der Waals surface area contributed by atoms with Crippen LogP contribution in [-0.2, 0) is 4.79 Å². The van der Waals surface area contributed by atoms with E-state index >= 15 is 0 Å². The molecule has 0 unspecified atom stereocenters. The fourth-order valence-corrected chi connectivity index (χ4v) is 4.68. The average Bonchev–Trinajstić information content (AvgIpc) is 3.01. The summed E-state index contributed by atoms with van der Waals surface area (Å²) in [5, 5.41) is 22.1. The average molecular weight is 585 g/mol. The fourth-order valence-electron chi connectivity index (χ4n) is 4.68. The number of benzene rings is 3. The lowest BCUT2D eigenvalue weighted by Crippen LogP contribution is -2.41. The van der Waals surface area contributed by atoms with Crippen molar-refractivity contribution in [3.63, 3.8) is 0 Å². The van der Waals surface area contributed by atoms with Crippen LogP contribution in [0.15, 0.2) is 83.9 Å². The molecular formula is C32H32N4O7. The van der Waals surface area contributed by atoms with Gasteiger partial charge in [0.1, 0.15) is 12.4 Å². The van der Waals surface area contributed by atoms with Crippen LogP contribution in [0.1, 0.15) is 35.3 Å². The van der Waals surface area contributed by atoms with Crippen molar-refractivity contribution in [1.82, 2.24) is 9.80 Å². The maximum atomic E-state index is 13.6. The predicted molar refractivity (Wildman–Crippen MR) is 163 cm³/mol. The molecule has 3 aromatic carbocycles. The zero-order valence-electron chi connectivity index (χ0n) is 24.0. The summed E-state index contributed by atoms with van der Waals surface area (Å²) in [7, 11) is 0. The summed E-state index contributed by atoms with van der Waals surface area (Å²) in [5.74, 6) is 0.0825. The van der Waals surface area contributed by atoms with Gasteiger partial charge in [0.2, 0.25) is 0 Å². The molecule has 1 saturated heterocycles. The first-order valence-electron chi connectivity index (χ1n) is 13.9. The van der Waals surface area contributed by atoms with E-state index in [9.17, 15) is 29.8 Å². The van der Waals surface area contributed by atoms with Crippen molar-refractivity contribution in [2.24, 2.45) is 0 Å². The normalized spacial score (nSPS) is 15.2. The molecule has 0 radical (unpaired) electrons. The Bertz CT molecular complexity index is 1460. The van der Waals surface area contributed by atoms with E-state index in [0.717, 1.165) is 19.6 Å². The Hall–Kier alpha value is -5.16. The molecule has 3 aromatic rings. The van der Waals surface area contributed by atoms with Crippen LogP contribution in [-0.4, -0.2) is 70.7 Å². The third kappa shape index (κ3) is 7.98. The quantitative estimate of drug-likeness (QED) is 0.166. The van der Waals surface area contributed by atoms with Gasteiger partial charge in [-0.25, -0.2) is 0 Å². The van der Waals surface area contributed by atoms with E-state index in [1.54, 1.807) is 41.3 Å². The number of rotatable bonds is 11. The van der Waals surface area contributed by atoms with Crippen molar-refractivity contribution in [2.75, 3.05) is 39.3 Å². The summed E-state index contributed by atoms with van der Waals surface area (Å²) in [6.07, 6.45) is 3.23. The molecular weight excluding hydrogens is 552 g/mol. The Kier molecular flexibility index (Phi) is 10.1. The first kappa shape index (κ1) is 30.8. The van der Waals surface area contributed by atoms with Crippen LogP contribution in [0.5, 0.6) is 5.75 Å². The highest BCUT2D eigenvalue weighted by Gasteiger charge is 2.30. The minimum atomic E-state index is -0.504. The van der Waals surface area contributed by atoms with E-state index < -0.39 is 9.85 Å². The van der Waals surface area contributed by atoms with E-state index in [1.165, 1.54) is 48.5 Å². The molecule has 1 aliphatic rings. The van der Waals surface area contributed by atoms with Crippen molar-refractivity contribution in [3.05, 3.63) is 121 Å². The van der Waals surface area contributed by atoms with Crippen molar-refractivity contribution in [2.45, 2.75) is 13.8 Å². The molecule has 0 atom stereocenters. The number of likely N-dealkylation sites (N-methyl/N-ethyl adjacent to an activating group) is 1. The Morgan fingerprint density at radius 2 is 1.28 bits per heavy atom. The van der Waals surface area contributed by atoms with Crippen LogP contribution >= 0.6 is 0 Å². The molecule has 0 bridgehead atoms.